The van der Waals surface area contributed by atoms with E-state index in [1.807, 2.05) is 13.8 Å². The first kappa shape index (κ1) is 12.7. The van der Waals surface area contributed by atoms with Crippen molar-refractivity contribution in [2.75, 3.05) is 0 Å². The van der Waals surface area contributed by atoms with Crippen LogP contribution in [-0.4, -0.2) is 34.7 Å². The minimum absolute atomic E-state index is 0.0244. The van der Waals surface area contributed by atoms with Crippen molar-refractivity contribution >= 4 is 18.0 Å². The van der Waals surface area contributed by atoms with Gasteiger partial charge in [0.05, 0.1) is 6.42 Å². The molecule has 0 unspecified atom stereocenters. The van der Waals surface area contributed by atoms with Gasteiger partial charge < -0.3 is 12.2 Å². The number of rotatable bonds is 5. The maximum Gasteiger partial charge on any atom is 0.385 e. The minimum atomic E-state index is -0.0454. The van der Waals surface area contributed by atoms with Gasteiger partial charge in [0, 0.05) is 18.7 Å². The summed E-state index contributed by atoms with van der Waals surface area (Å²) in [6.45, 7) is 7.43. The van der Waals surface area contributed by atoms with Crippen LogP contribution in [-0.2, 0) is 9.59 Å². The number of hydrogen-bond acceptors (Lipinski definition) is 2. The number of carbonyl (C=O) groups is 2. The molecule has 0 saturated heterocycles. The average molecular weight is 224 g/mol. The quantitative estimate of drug-likeness (QED) is 0.428. The second-order valence-corrected chi connectivity index (χ2v) is 4.42. The topological polar surface area (TPSA) is 49.2 Å². The van der Waals surface area contributed by atoms with Gasteiger partial charge in [-0.3, -0.25) is 4.79 Å². The van der Waals surface area contributed by atoms with E-state index < -0.39 is 0 Å². The van der Waals surface area contributed by atoms with E-state index in [4.69, 9.17) is 0 Å². The van der Waals surface area contributed by atoms with Crippen molar-refractivity contribution < 1.29 is 14.2 Å². The largest absolute Gasteiger partial charge is 0.385 e. The lowest BCUT2D eigenvalue weighted by Crippen LogP contribution is -2.30. The first-order chi connectivity index (χ1) is 7.54. The second-order valence-electron chi connectivity index (χ2n) is 4.42. The van der Waals surface area contributed by atoms with Gasteiger partial charge in [-0.1, -0.05) is 0 Å². The van der Waals surface area contributed by atoms with Gasteiger partial charge in [-0.15, -0.1) is 0 Å². The van der Waals surface area contributed by atoms with Crippen molar-refractivity contribution in [3.63, 3.8) is 0 Å². The van der Waals surface area contributed by atoms with Crippen molar-refractivity contribution in [1.82, 2.24) is 5.32 Å². The molecule has 1 aliphatic rings. The van der Waals surface area contributed by atoms with Crippen LogP contribution in [0.3, 0.4) is 0 Å². The molecule has 2 amide bonds. The molecule has 0 aliphatic heterocycles. The third-order valence-corrected chi connectivity index (χ3v) is 2.55. The van der Waals surface area contributed by atoms with Crippen molar-refractivity contribution in [1.29, 1.82) is 0 Å². The molecule has 1 aliphatic carbocycles. The number of nitrogens with zero attached hydrogens (tertiary/aromatic N) is 1. The second kappa shape index (κ2) is 5.68. The Bertz CT molecular complexity index is 304. The smallest absolute Gasteiger partial charge is 0.353 e. The third kappa shape index (κ3) is 4.04. The first-order valence-corrected chi connectivity index (χ1v) is 5.77. The molecule has 0 spiro atoms. The van der Waals surface area contributed by atoms with Gasteiger partial charge in [-0.2, -0.15) is 4.58 Å². The molecule has 4 nitrogen and oxygen atoms in total. The van der Waals surface area contributed by atoms with Gasteiger partial charge in [0.1, 0.15) is 0 Å². The molecule has 0 bridgehead atoms. The maximum atomic E-state index is 11.7. The Morgan fingerprint density at radius 1 is 1.44 bits per heavy atom. The fourth-order valence-corrected chi connectivity index (χ4v) is 1.48. The van der Waals surface area contributed by atoms with E-state index in [2.05, 4.69) is 12.2 Å². The molecule has 1 saturated carbocycles. The zero-order chi connectivity index (χ0) is 12.1. The Morgan fingerprint density at radius 2 is 2.06 bits per heavy atom. The van der Waals surface area contributed by atoms with E-state index in [0.29, 0.717) is 6.04 Å². The molecular weight excluding hydrogens is 204 g/mol. The van der Waals surface area contributed by atoms with Crippen LogP contribution in [0.1, 0.15) is 39.5 Å². The standard InChI is InChI=1S/C12H20N2O2/c1-4-14(9(2)3)12(16)8-7-11(15)13-10-5-6-10/h4,9-10H,1,5-8H2,2-3H3,(H,13,15)/b14-4+. The van der Waals surface area contributed by atoms with Crippen molar-refractivity contribution in [3.8, 4) is 0 Å². The molecule has 1 rings (SSSR count). The summed E-state index contributed by atoms with van der Waals surface area (Å²) < 4.78 is 1.56. The summed E-state index contributed by atoms with van der Waals surface area (Å²) in [5, 5.41) is 2.86. The molecule has 0 aromatic heterocycles. The van der Waals surface area contributed by atoms with E-state index in [0.717, 1.165) is 12.8 Å². The molecule has 0 radical (unpaired) electrons. The van der Waals surface area contributed by atoms with Crippen molar-refractivity contribution in [3.05, 3.63) is 6.92 Å². The molecule has 1 fully saturated rings. The zero-order valence-corrected chi connectivity index (χ0v) is 10.0. The number of nitrogens with one attached hydrogen (secondary N) is 1. The molecule has 0 aromatic carbocycles. The SMILES string of the molecule is [CH2-]/C=[N+](/C(=O)CCC(=O)NC1CC1)C(C)C. The highest BCUT2D eigenvalue weighted by Crippen LogP contribution is 2.18. The van der Waals surface area contributed by atoms with E-state index >= 15 is 0 Å². The Kier molecular flexibility index (Phi) is 4.52. The van der Waals surface area contributed by atoms with Crippen molar-refractivity contribution in [2.45, 2.75) is 51.6 Å². The highest BCUT2D eigenvalue weighted by atomic mass is 16.2. The average Bonchev–Trinajstić information content (AvgIpc) is 2.99. The lowest BCUT2D eigenvalue weighted by atomic mass is 10.2. The van der Waals surface area contributed by atoms with E-state index in [-0.39, 0.29) is 30.7 Å². The number of carbonyl (C=O) groups excluding carboxylic acids is 2. The summed E-state index contributed by atoms with van der Waals surface area (Å²) in [6.07, 6.45) is 4.19. The summed E-state index contributed by atoms with van der Waals surface area (Å²) in [5.74, 6) is -0.0698. The minimum Gasteiger partial charge on any atom is -0.353 e. The van der Waals surface area contributed by atoms with Crippen LogP contribution in [0.2, 0.25) is 0 Å². The van der Waals surface area contributed by atoms with E-state index in [9.17, 15) is 9.59 Å². The third-order valence-electron chi connectivity index (χ3n) is 2.55. The predicted molar refractivity (Wildman–Crippen MR) is 62.2 cm³/mol. The summed E-state index contributed by atoms with van der Waals surface area (Å²) in [4.78, 5) is 23.1. The van der Waals surface area contributed by atoms with Crippen LogP contribution in [0.25, 0.3) is 0 Å². The zero-order valence-electron chi connectivity index (χ0n) is 10.0. The fraction of sp³-hybridized carbons (Fsp3) is 0.667. The predicted octanol–water partition coefficient (Wildman–Crippen LogP) is 0.898. The highest BCUT2D eigenvalue weighted by Gasteiger charge is 2.24. The summed E-state index contributed by atoms with van der Waals surface area (Å²) in [7, 11) is 0. The summed E-state index contributed by atoms with van der Waals surface area (Å²) in [5.41, 5.74) is 0. The Morgan fingerprint density at radius 3 is 2.50 bits per heavy atom. The van der Waals surface area contributed by atoms with E-state index in [1.54, 1.807) is 4.58 Å². The lowest BCUT2D eigenvalue weighted by molar-refractivity contribution is -0.476. The monoisotopic (exact) mass is 224 g/mol. The summed E-state index contributed by atoms with van der Waals surface area (Å²) >= 11 is 0. The molecule has 4 heteroatoms. The van der Waals surface area contributed by atoms with E-state index in [1.165, 1.54) is 6.21 Å². The van der Waals surface area contributed by atoms with Crippen LogP contribution in [0.4, 0.5) is 0 Å². The van der Waals surface area contributed by atoms with Crippen LogP contribution < -0.4 is 5.32 Å². The molecular formula is C12H20N2O2. The number of hydrogen-bond donors (Lipinski definition) is 1. The fourth-order valence-electron chi connectivity index (χ4n) is 1.48. The maximum absolute atomic E-state index is 11.7. The van der Waals surface area contributed by atoms with Gasteiger partial charge >= 0.3 is 5.91 Å². The highest BCUT2D eigenvalue weighted by molar-refractivity contribution is 5.82. The number of amides is 2. The normalized spacial score (nSPS) is 16.3. The summed E-state index contributed by atoms with van der Waals surface area (Å²) in [6, 6.07) is 0.458. The Balaban J connectivity index is 2.30. The molecule has 0 aromatic rings. The van der Waals surface area contributed by atoms with Crippen LogP contribution in [0.5, 0.6) is 0 Å². The van der Waals surface area contributed by atoms with Gasteiger partial charge in [0.2, 0.25) is 5.91 Å². The Labute approximate surface area is 96.7 Å². The first-order valence-electron chi connectivity index (χ1n) is 5.77. The lowest BCUT2D eigenvalue weighted by Gasteiger charge is -2.06. The van der Waals surface area contributed by atoms with Crippen LogP contribution in [0.15, 0.2) is 0 Å². The van der Waals surface area contributed by atoms with Gasteiger partial charge in [0.15, 0.2) is 6.04 Å². The van der Waals surface area contributed by atoms with Crippen LogP contribution in [0, 0.1) is 6.92 Å². The molecule has 16 heavy (non-hydrogen) atoms. The van der Waals surface area contributed by atoms with Crippen LogP contribution >= 0.6 is 0 Å². The molecule has 1 N–H and O–H groups in total. The molecule has 90 valence electrons. The van der Waals surface area contributed by atoms with Gasteiger partial charge in [-0.25, -0.2) is 4.79 Å². The van der Waals surface area contributed by atoms with Gasteiger partial charge in [-0.05, 0) is 26.7 Å². The van der Waals surface area contributed by atoms with Gasteiger partial charge in [0.25, 0.3) is 0 Å². The van der Waals surface area contributed by atoms with Crippen molar-refractivity contribution in [2.24, 2.45) is 0 Å². The molecule has 0 heterocycles. The Hall–Kier alpha value is -1.32. The molecule has 0 atom stereocenters.